The first-order chi connectivity index (χ1) is 4.13. The van der Waals surface area contributed by atoms with E-state index in [1.165, 1.54) is 0 Å². The summed E-state index contributed by atoms with van der Waals surface area (Å²) in [5.41, 5.74) is 4.55. The van der Waals surface area contributed by atoms with Gasteiger partial charge in [0.2, 0.25) is 0 Å². The summed E-state index contributed by atoms with van der Waals surface area (Å²) in [6, 6.07) is 0. The molecule has 0 atom stereocenters. The van der Waals surface area contributed by atoms with Gasteiger partial charge in [-0.05, 0) is 0 Å². The van der Waals surface area contributed by atoms with E-state index in [9.17, 15) is 4.79 Å². The standard InChI is InChI=1S/C4H9NO4/c5-4(8)9-2-1-3(6)7/h3,6-7H,1-2H2,(H2,5,8). The number of primary amides is 1. The number of rotatable bonds is 3. The SMILES string of the molecule is NC(=O)OCCC(O)O. The first kappa shape index (κ1) is 8.19. The number of amides is 1. The Hall–Kier alpha value is -0.810. The fourth-order valence-electron chi connectivity index (χ4n) is 0.265. The van der Waals surface area contributed by atoms with Crippen molar-refractivity contribution in [2.75, 3.05) is 6.61 Å². The van der Waals surface area contributed by atoms with Crippen LogP contribution in [0.4, 0.5) is 4.79 Å². The Balaban J connectivity index is 3.01. The molecule has 0 unspecified atom stereocenters. The van der Waals surface area contributed by atoms with Gasteiger partial charge in [-0.25, -0.2) is 4.79 Å². The number of carbonyl (C=O) groups is 1. The highest BCUT2D eigenvalue weighted by molar-refractivity contribution is 5.64. The van der Waals surface area contributed by atoms with E-state index in [1.54, 1.807) is 0 Å². The second-order valence-electron chi connectivity index (χ2n) is 1.44. The maximum Gasteiger partial charge on any atom is 0.404 e. The van der Waals surface area contributed by atoms with Crippen LogP contribution in [0, 0.1) is 0 Å². The van der Waals surface area contributed by atoms with Gasteiger partial charge in [0.1, 0.15) is 0 Å². The minimum atomic E-state index is -1.44. The van der Waals surface area contributed by atoms with Gasteiger partial charge >= 0.3 is 6.09 Å². The first-order valence-corrected chi connectivity index (χ1v) is 2.41. The highest BCUT2D eigenvalue weighted by Crippen LogP contribution is 1.85. The predicted octanol–water partition coefficient (Wildman–Crippen LogP) is -1.22. The lowest BCUT2D eigenvalue weighted by molar-refractivity contribution is -0.0544. The Morgan fingerprint density at radius 3 is 2.56 bits per heavy atom. The van der Waals surface area contributed by atoms with Crippen molar-refractivity contribution >= 4 is 6.09 Å². The van der Waals surface area contributed by atoms with Crippen molar-refractivity contribution in [1.82, 2.24) is 0 Å². The van der Waals surface area contributed by atoms with Gasteiger partial charge in [0.05, 0.1) is 6.61 Å². The minimum absolute atomic E-state index is 0.0110. The number of aliphatic hydroxyl groups is 2. The molecular formula is C4H9NO4. The molecule has 9 heavy (non-hydrogen) atoms. The summed E-state index contributed by atoms with van der Waals surface area (Å²) >= 11 is 0. The van der Waals surface area contributed by atoms with Crippen LogP contribution >= 0.6 is 0 Å². The van der Waals surface area contributed by atoms with Crippen LogP contribution in [0.1, 0.15) is 6.42 Å². The molecule has 0 aromatic rings. The van der Waals surface area contributed by atoms with Gasteiger partial charge in [-0.1, -0.05) is 0 Å². The molecule has 1 amide bonds. The number of hydrogen-bond acceptors (Lipinski definition) is 4. The summed E-state index contributed by atoms with van der Waals surface area (Å²) in [7, 11) is 0. The number of nitrogens with two attached hydrogens (primary N) is 1. The highest BCUT2D eigenvalue weighted by atomic mass is 16.5. The molecular weight excluding hydrogens is 126 g/mol. The topological polar surface area (TPSA) is 92.8 Å². The number of ether oxygens (including phenoxy) is 1. The van der Waals surface area contributed by atoms with Crippen molar-refractivity contribution in [1.29, 1.82) is 0 Å². The Labute approximate surface area is 52.0 Å². The van der Waals surface area contributed by atoms with E-state index in [4.69, 9.17) is 10.2 Å². The van der Waals surface area contributed by atoms with Crippen LogP contribution in [0.3, 0.4) is 0 Å². The second-order valence-corrected chi connectivity index (χ2v) is 1.44. The van der Waals surface area contributed by atoms with Crippen LogP contribution in [-0.4, -0.2) is 29.2 Å². The molecule has 0 radical (unpaired) electrons. The average Bonchev–Trinajstić information content (AvgIpc) is 1.63. The van der Waals surface area contributed by atoms with E-state index in [1.807, 2.05) is 0 Å². The fourth-order valence-corrected chi connectivity index (χ4v) is 0.265. The fraction of sp³-hybridized carbons (Fsp3) is 0.750. The molecule has 0 aliphatic carbocycles. The predicted molar refractivity (Wildman–Crippen MR) is 28.4 cm³/mol. The van der Waals surface area contributed by atoms with Gasteiger partial charge < -0.3 is 20.7 Å². The van der Waals surface area contributed by atoms with Crippen molar-refractivity contribution < 1.29 is 19.7 Å². The molecule has 5 nitrogen and oxygen atoms in total. The van der Waals surface area contributed by atoms with Crippen molar-refractivity contribution in [2.45, 2.75) is 12.7 Å². The van der Waals surface area contributed by atoms with E-state index in [2.05, 4.69) is 10.5 Å². The minimum Gasteiger partial charge on any atom is -0.450 e. The van der Waals surface area contributed by atoms with E-state index in [-0.39, 0.29) is 13.0 Å². The highest BCUT2D eigenvalue weighted by Gasteiger charge is 1.98. The lowest BCUT2D eigenvalue weighted by Crippen LogP contribution is -2.17. The second kappa shape index (κ2) is 4.11. The maximum atomic E-state index is 9.82. The van der Waals surface area contributed by atoms with Crippen molar-refractivity contribution in [3.05, 3.63) is 0 Å². The van der Waals surface area contributed by atoms with Crippen LogP contribution in [-0.2, 0) is 4.74 Å². The van der Waals surface area contributed by atoms with Gasteiger partial charge in [-0.2, -0.15) is 0 Å². The largest absolute Gasteiger partial charge is 0.450 e. The third-order valence-electron chi connectivity index (χ3n) is 0.620. The molecule has 0 heterocycles. The molecule has 0 rings (SSSR count). The molecule has 4 N–H and O–H groups in total. The third kappa shape index (κ3) is 7.19. The van der Waals surface area contributed by atoms with Crippen molar-refractivity contribution in [2.24, 2.45) is 5.73 Å². The number of carbonyl (C=O) groups excluding carboxylic acids is 1. The maximum absolute atomic E-state index is 9.82. The van der Waals surface area contributed by atoms with Crippen molar-refractivity contribution in [3.63, 3.8) is 0 Å². The van der Waals surface area contributed by atoms with Crippen LogP contribution < -0.4 is 5.73 Å². The summed E-state index contributed by atoms with van der Waals surface area (Å²) < 4.78 is 4.17. The van der Waals surface area contributed by atoms with E-state index in [0.717, 1.165) is 0 Å². The Bertz CT molecular complexity index is 92.6. The molecule has 0 saturated carbocycles. The Morgan fingerprint density at radius 1 is 1.67 bits per heavy atom. The third-order valence-corrected chi connectivity index (χ3v) is 0.620. The quantitative estimate of drug-likeness (QED) is 0.423. The van der Waals surface area contributed by atoms with E-state index < -0.39 is 12.4 Å². The molecule has 0 spiro atoms. The van der Waals surface area contributed by atoms with Crippen LogP contribution in [0.5, 0.6) is 0 Å². The molecule has 0 aliphatic rings. The lowest BCUT2D eigenvalue weighted by Gasteiger charge is -2.01. The normalized spacial score (nSPS) is 9.67. The molecule has 0 saturated heterocycles. The monoisotopic (exact) mass is 135 g/mol. The first-order valence-electron chi connectivity index (χ1n) is 2.41. The van der Waals surface area contributed by atoms with Gasteiger partial charge in [-0.15, -0.1) is 0 Å². The van der Waals surface area contributed by atoms with E-state index >= 15 is 0 Å². The molecule has 0 aromatic heterocycles. The summed E-state index contributed by atoms with van der Waals surface area (Å²) in [5, 5.41) is 16.4. The lowest BCUT2D eigenvalue weighted by atomic mass is 10.4. The average molecular weight is 135 g/mol. The van der Waals surface area contributed by atoms with Gasteiger partial charge in [0.25, 0.3) is 0 Å². The number of hydrogen-bond donors (Lipinski definition) is 3. The molecule has 0 aliphatic heterocycles. The Kier molecular flexibility index (Phi) is 3.74. The van der Waals surface area contributed by atoms with Crippen molar-refractivity contribution in [3.8, 4) is 0 Å². The smallest absolute Gasteiger partial charge is 0.404 e. The zero-order valence-electron chi connectivity index (χ0n) is 4.78. The van der Waals surface area contributed by atoms with Gasteiger partial charge in [0.15, 0.2) is 6.29 Å². The summed E-state index contributed by atoms with van der Waals surface area (Å²) in [4.78, 5) is 9.82. The van der Waals surface area contributed by atoms with Crippen LogP contribution in [0.15, 0.2) is 0 Å². The molecule has 54 valence electrons. The molecule has 5 heteroatoms. The number of aliphatic hydroxyl groups excluding tert-OH is 1. The summed E-state index contributed by atoms with van der Waals surface area (Å²) in [6.45, 7) is -0.0625. The zero-order chi connectivity index (χ0) is 7.28. The summed E-state index contributed by atoms with van der Waals surface area (Å²) in [5.74, 6) is 0. The summed E-state index contributed by atoms with van der Waals surface area (Å²) in [6.07, 6.45) is -2.36. The molecule has 0 aromatic carbocycles. The van der Waals surface area contributed by atoms with E-state index in [0.29, 0.717) is 0 Å². The van der Waals surface area contributed by atoms with Gasteiger partial charge in [0, 0.05) is 6.42 Å². The molecule has 0 fully saturated rings. The zero-order valence-corrected chi connectivity index (χ0v) is 4.78. The van der Waals surface area contributed by atoms with Crippen LogP contribution in [0.2, 0.25) is 0 Å². The van der Waals surface area contributed by atoms with Gasteiger partial charge in [-0.3, -0.25) is 0 Å². The Morgan fingerprint density at radius 2 is 2.22 bits per heavy atom. The molecule has 0 bridgehead atoms. The van der Waals surface area contributed by atoms with Crippen LogP contribution in [0.25, 0.3) is 0 Å².